The van der Waals surface area contributed by atoms with Gasteiger partial charge in [-0.15, -0.1) is 0 Å². The zero-order valence-electron chi connectivity index (χ0n) is 21.8. The number of aliphatic carboxylic acids is 2. The molecule has 4 heterocycles. The first kappa shape index (κ1) is 26.0. The second-order valence-corrected chi connectivity index (χ2v) is 13.4. The first-order valence-corrected chi connectivity index (χ1v) is 14.3. The van der Waals surface area contributed by atoms with E-state index in [1.54, 1.807) is 0 Å². The predicted octanol–water partition coefficient (Wildman–Crippen LogP) is 2.82. The minimum Gasteiger partial charge on any atom is -0.481 e. The van der Waals surface area contributed by atoms with Crippen molar-refractivity contribution in [2.75, 3.05) is 0 Å². The van der Waals surface area contributed by atoms with E-state index in [4.69, 9.17) is 18.9 Å². The number of fused-ring (bicyclic) bond motifs is 4. The van der Waals surface area contributed by atoms with Crippen LogP contribution < -0.4 is 0 Å². The quantitative estimate of drug-likeness (QED) is 0.534. The lowest BCUT2D eigenvalue weighted by Crippen LogP contribution is -2.47. The van der Waals surface area contributed by atoms with Gasteiger partial charge in [0, 0.05) is 11.8 Å². The normalized spacial score (nSPS) is 55.8. The lowest BCUT2D eigenvalue weighted by atomic mass is 9.60. The van der Waals surface area contributed by atoms with Gasteiger partial charge in [-0.25, -0.2) is 0 Å². The summed E-state index contributed by atoms with van der Waals surface area (Å²) in [6, 6.07) is 0. The fourth-order valence-corrected chi connectivity index (χ4v) is 8.95. The first-order valence-electron chi connectivity index (χ1n) is 14.3. The summed E-state index contributed by atoms with van der Waals surface area (Å²) in [7, 11) is 0. The molecule has 9 heteroatoms. The van der Waals surface area contributed by atoms with E-state index < -0.39 is 22.8 Å². The van der Waals surface area contributed by atoms with Gasteiger partial charge in [0.2, 0.25) is 0 Å². The monoisotopic (exact) mass is 522 g/mol. The van der Waals surface area contributed by atoms with Crippen molar-refractivity contribution in [2.24, 2.45) is 34.5 Å². The van der Waals surface area contributed by atoms with Gasteiger partial charge in [-0.1, -0.05) is 0 Å². The molecule has 0 aromatic rings. The van der Waals surface area contributed by atoms with Crippen molar-refractivity contribution in [3.05, 3.63) is 0 Å². The molecule has 14 unspecified atom stereocenters. The Morgan fingerprint density at radius 3 is 1.35 bits per heavy atom. The summed E-state index contributed by atoms with van der Waals surface area (Å²) in [6.07, 6.45) is 12.8. The van der Waals surface area contributed by atoms with Crippen LogP contribution >= 0.6 is 0 Å². The number of hydrogen-bond acceptors (Lipinski definition) is 6. The topological polar surface area (TPSA) is 156 Å². The van der Waals surface area contributed by atoms with Crippen LogP contribution in [0.5, 0.6) is 0 Å². The molecule has 0 aromatic heterocycles. The molecule has 8 rings (SSSR count). The van der Waals surface area contributed by atoms with Crippen LogP contribution in [-0.4, -0.2) is 76.5 Å². The van der Waals surface area contributed by atoms with E-state index in [-0.39, 0.29) is 29.5 Å². The molecule has 4 N–H and O–H groups in total. The molecule has 0 bridgehead atoms. The summed E-state index contributed by atoms with van der Waals surface area (Å²) in [5.41, 5.74) is -1.19. The third kappa shape index (κ3) is 4.33. The highest BCUT2D eigenvalue weighted by atomic mass is 16.6. The second kappa shape index (κ2) is 8.88. The van der Waals surface area contributed by atoms with Crippen molar-refractivity contribution in [2.45, 2.75) is 127 Å². The van der Waals surface area contributed by atoms with Crippen LogP contribution in [0.3, 0.4) is 0 Å². The van der Waals surface area contributed by atoms with Crippen LogP contribution in [0.15, 0.2) is 0 Å². The molecular formula is C28H42O9. The van der Waals surface area contributed by atoms with E-state index >= 15 is 0 Å². The van der Waals surface area contributed by atoms with E-state index in [9.17, 15) is 19.8 Å². The largest absolute Gasteiger partial charge is 0.481 e. The molecule has 0 radical (unpaired) electrons. The summed E-state index contributed by atoms with van der Waals surface area (Å²) in [4.78, 5) is 23.4. The highest BCUT2D eigenvalue weighted by molar-refractivity contribution is 5.75. The van der Waals surface area contributed by atoms with Crippen molar-refractivity contribution in [3.8, 4) is 0 Å². The first-order chi connectivity index (χ1) is 17.2. The van der Waals surface area contributed by atoms with E-state index in [1.165, 1.54) is 0 Å². The molecule has 8 fully saturated rings. The molecule has 0 spiro atoms. The lowest BCUT2D eigenvalue weighted by Gasteiger charge is -2.41. The Balaban J connectivity index is 0.000000133. The van der Waals surface area contributed by atoms with Gasteiger partial charge < -0.3 is 34.6 Å². The number of hydrogen-bond donors (Lipinski definition) is 2. The van der Waals surface area contributed by atoms with Crippen LogP contribution in [0.1, 0.15) is 78.1 Å². The Hall–Kier alpha value is -1.26. The number of carboxylic acids is 2. The summed E-state index contributed by atoms with van der Waals surface area (Å²) in [5.74, 6) is 0.0636. The third-order valence-electron chi connectivity index (χ3n) is 11.4. The van der Waals surface area contributed by atoms with Crippen LogP contribution in [0, 0.1) is 34.5 Å². The SMILES string of the molecule is CC1(C(=O)O)CCC2OC2C1C1CCC2OC2C1.CC1(C(=O)O)CCC2OC2C1C1CCC2OC2C1.O. The molecule has 4 aliphatic heterocycles. The Labute approximate surface area is 217 Å². The number of ether oxygens (including phenoxy) is 4. The van der Waals surface area contributed by atoms with E-state index in [2.05, 4.69) is 0 Å². The summed E-state index contributed by atoms with van der Waals surface area (Å²) >= 11 is 0. The van der Waals surface area contributed by atoms with Gasteiger partial charge in [0.25, 0.3) is 0 Å². The van der Waals surface area contributed by atoms with Crippen LogP contribution in [0.25, 0.3) is 0 Å². The standard InChI is InChI=1S/2C14H20O4.H2O/c2*1-14(13(15)16)5-4-9-12(18-9)11(14)7-2-3-8-10(6-7)17-8;/h2*7-12H,2-6H2,1H3,(H,15,16);1H2. The summed E-state index contributed by atoms with van der Waals surface area (Å²) in [5, 5.41) is 19.2. The van der Waals surface area contributed by atoms with Crippen LogP contribution in [-0.2, 0) is 28.5 Å². The van der Waals surface area contributed by atoms with Crippen molar-refractivity contribution in [1.82, 2.24) is 0 Å². The number of carbonyl (C=O) groups is 2. The molecule has 37 heavy (non-hydrogen) atoms. The Morgan fingerprint density at radius 1 is 0.595 bits per heavy atom. The van der Waals surface area contributed by atoms with Gasteiger partial charge in [0.05, 0.1) is 59.7 Å². The smallest absolute Gasteiger partial charge is 0.309 e. The summed E-state index contributed by atoms with van der Waals surface area (Å²) < 4.78 is 22.6. The fraction of sp³-hybridized carbons (Fsp3) is 0.929. The zero-order chi connectivity index (χ0) is 25.0. The molecule has 0 aromatic carbocycles. The van der Waals surface area contributed by atoms with Crippen LogP contribution in [0.4, 0.5) is 0 Å². The number of carboxylic acid groups (broad SMARTS) is 2. The molecule has 4 saturated heterocycles. The number of rotatable bonds is 4. The molecule has 4 aliphatic carbocycles. The maximum absolute atomic E-state index is 11.7. The maximum Gasteiger partial charge on any atom is 0.309 e. The van der Waals surface area contributed by atoms with Gasteiger partial charge in [-0.2, -0.15) is 0 Å². The Kier molecular flexibility index (Phi) is 6.24. The highest BCUT2D eigenvalue weighted by Crippen LogP contribution is 2.59. The zero-order valence-corrected chi connectivity index (χ0v) is 21.8. The minimum atomic E-state index is -0.639. The molecule has 208 valence electrons. The third-order valence-corrected chi connectivity index (χ3v) is 11.4. The Morgan fingerprint density at radius 2 is 1.00 bits per heavy atom. The molecule has 9 nitrogen and oxygen atoms in total. The molecule has 8 aliphatic rings. The van der Waals surface area contributed by atoms with Gasteiger partial charge in [-0.05, 0) is 89.9 Å². The van der Waals surface area contributed by atoms with Gasteiger partial charge in [0.15, 0.2) is 0 Å². The molecule has 4 saturated carbocycles. The van der Waals surface area contributed by atoms with Crippen molar-refractivity contribution in [1.29, 1.82) is 0 Å². The lowest BCUT2D eigenvalue weighted by molar-refractivity contribution is -0.156. The van der Waals surface area contributed by atoms with Crippen LogP contribution in [0.2, 0.25) is 0 Å². The van der Waals surface area contributed by atoms with Crippen molar-refractivity contribution >= 4 is 11.9 Å². The average molecular weight is 523 g/mol. The highest BCUT2D eigenvalue weighted by Gasteiger charge is 2.64. The average Bonchev–Trinajstić information content (AvgIpc) is 3.69. The predicted molar refractivity (Wildman–Crippen MR) is 130 cm³/mol. The van der Waals surface area contributed by atoms with Crippen molar-refractivity contribution in [3.63, 3.8) is 0 Å². The molecule has 14 atom stereocenters. The van der Waals surface area contributed by atoms with Gasteiger partial charge in [-0.3, -0.25) is 9.59 Å². The molecule has 0 amide bonds. The van der Waals surface area contributed by atoms with Gasteiger partial charge >= 0.3 is 11.9 Å². The number of epoxide rings is 4. The molecular weight excluding hydrogens is 480 g/mol. The van der Waals surface area contributed by atoms with Gasteiger partial charge in [0.1, 0.15) is 0 Å². The van der Waals surface area contributed by atoms with E-state index in [1.807, 2.05) is 13.8 Å². The minimum absolute atomic E-state index is 0. The second-order valence-electron chi connectivity index (χ2n) is 13.4. The van der Waals surface area contributed by atoms with Crippen molar-refractivity contribution < 1.29 is 44.2 Å². The summed E-state index contributed by atoms with van der Waals surface area (Å²) in [6.45, 7) is 3.86. The van der Waals surface area contributed by atoms with E-state index in [0.717, 1.165) is 64.2 Å². The Bertz CT molecular complexity index is 867. The fourth-order valence-electron chi connectivity index (χ4n) is 8.95. The van der Waals surface area contributed by atoms with E-state index in [0.29, 0.717) is 48.5 Å². The maximum atomic E-state index is 11.7.